The van der Waals surface area contributed by atoms with E-state index in [0.29, 0.717) is 19.3 Å². The highest BCUT2D eigenvalue weighted by Crippen LogP contribution is 2.39. The van der Waals surface area contributed by atoms with Gasteiger partial charge in [-0.25, -0.2) is 0 Å². The van der Waals surface area contributed by atoms with E-state index >= 15 is 0 Å². The minimum atomic E-state index is -0.0743. The van der Waals surface area contributed by atoms with Gasteiger partial charge >= 0.3 is 0 Å². The van der Waals surface area contributed by atoms with Crippen LogP contribution in [0.4, 0.5) is 0 Å². The molecule has 0 saturated carbocycles. The second-order valence-electron chi connectivity index (χ2n) is 4.20. The van der Waals surface area contributed by atoms with Crippen LogP contribution >= 0.6 is 0 Å². The second kappa shape index (κ2) is 3.77. The molecule has 5 heteroatoms. The van der Waals surface area contributed by atoms with E-state index in [-0.39, 0.29) is 11.7 Å². The minimum Gasteiger partial charge on any atom is -0.375 e. The lowest BCUT2D eigenvalue weighted by molar-refractivity contribution is -0.0413. The summed E-state index contributed by atoms with van der Waals surface area (Å²) in [7, 11) is 0. The molecule has 0 aromatic rings. The molecular formula is C9H15N3O2. The smallest absolute Gasteiger partial charge is 0.0944 e. The number of hydrogen-bond donors (Lipinski definition) is 0. The van der Waals surface area contributed by atoms with Gasteiger partial charge in [0.1, 0.15) is 0 Å². The SMILES string of the molecule is CC1CC2(CCC(CN=[N+]=[N-])O2)CO1. The molecule has 0 bridgehead atoms. The first kappa shape index (κ1) is 9.77. The van der Waals surface area contributed by atoms with Crippen molar-refractivity contribution in [3.63, 3.8) is 0 Å². The van der Waals surface area contributed by atoms with Crippen molar-refractivity contribution >= 4 is 0 Å². The monoisotopic (exact) mass is 197 g/mol. The van der Waals surface area contributed by atoms with Crippen LogP contribution in [0.25, 0.3) is 10.4 Å². The van der Waals surface area contributed by atoms with Crippen molar-refractivity contribution < 1.29 is 9.47 Å². The molecule has 14 heavy (non-hydrogen) atoms. The summed E-state index contributed by atoms with van der Waals surface area (Å²) >= 11 is 0. The van der Waals surface area contributed by atoms with Crippen LogP contribution in [0.1, 0.15) is 26.2 Å². The minimum absolute atomic E-state index is 0.0743. The first-order chi connectivity index (χ1) is 6.74. The molecule has 0 amide bonds. The van der Waals surface area contributed by atoms with Crippen LogP contribution in [-0.4, -0.2) is 31.0 Å². The number of nitrogens with zero attached hydrogens (tertiary/aromatic N) is 3. The Morgan fingerprint density at radius 3 is 3.14 bits per heavy atom. The molecule has 1 spiro atoms. The highest BCUT2D eigenvalue weighted by atomic mass is 16.6. The average Bonchev–Trinajstić information content (AvgIpc) is 2.72. The van der Waals surface area contributed by atoms with E-state index in [1.807, 2.05) is 0 Å². The van der Waals surface area contributed by atoms with Gasteiger partial charge in [-0.15, -0.1) is 0 Å². The number of ether oxygens (including phenoxy) is 2. The van der Waals surface area contributed by atoms with Gasteiger partial charge in [0.05, 0.1) is 31.0 Å². The molecule has 2 heterocycles. The van der Waals surface area contributed by atoms with Crippen LogP contribution in [0.2, 0.25) is 0 Å². The van der Waals surface area contributed by atoms with Gasteiger partial charge in [0.2, 0.25) is 0 Å². The Morgan fingerprint density at radius 1 is 1.64 bits per heavy atom. The van der Waals surface area contributed by atoms with Crippen molar-refractivity contribution in [1.82, 2.24) is 0 Å². The molecule has 3 atom stereocenters. The van der Waals surface area contributed by atoms with Crippen LogP contribution in [-0.2, 0) is 9.47 Å². The van der Waals surface area contributed by atoms with Crippen LogP contribution < -0.4 is 0 Å². The van der Waals surface area contributed by atoms with Crippen molar-refractivity contribution in [3.8, 4) is 0 Å². The molecule has 0 aromatic heterocycles. The van der Waals surface area contributed by atoms with Crippen molar-refractivity contribution in [1.29, 1.82) is 0 Å². The topological polar surface area (TPSA) is 67.2 Å². The van der Waals surface area contributed by atoms with E-state index in [0.717, 1.165) is 19.3 Å². The first-order valence-corrected chi connectivity index (χ1v) is 5.04. The predicted octanol–water partition coefficient (Wildman–Crippen LogP) is 2.02. The molecule has 2 fully saturated rings. The fraction of sp³-hybridized carbons (Fsp3) is 1.00. The lowest BCUT2D eigenvalue weighted by atomic mass is 9.97. The highest BCUT2D eigenvalue weighted by Gasteiger charge is 2.45. The summed E-state index contributed by atoms with van der Waals surface area (Å²) in [5, 5.41) is 3.54. The van der Waals surface area contributed by atoms with Crippen LogP contribution in [0, 0.1) is 0 Å². The number of azide groups is 1. The largest absolute Gasteiger partial charge is 0.375 e. The summed E-state index contributed by atoms with van der Waals surface area (Å²) in [5.41, 5.74) is 8.13. The van der Waals surface area contributed by atoms with E-state index in [1.165, 1.54) is 0 Å². The molecule has 2 aliphatic heterocycles. The third-order valence-corrected chi connectivity index (χ3v) is 2.98. The third-order valence-electron chi connectivity index (χ3n) is 2.98. The zero-order chi connectivity index (χ0) is 10.0. The highest BCUT2D eigenvalue weighted by molar-refractivity contribution is 4.94. The first-order valence-electron chi connectivity index (χ1n) is 5.04. The average molecular weight is 197 g/mol. The maximum atomic E-state index is 8.20. The molecule has 2 rings (SSSR count). The quantitative estimate of drug-likeness (QED) is 0.386. The summed E-state index contributed by atoms with van der Waals surface area (Å²) in [6, 6.07) is 0. The van der Waals surface area contributed by atoms with Crippen LogP contribution in [0.15, 0.2) is 5.11 Å². The van der Waals surface area contributed by atoms with Gasteiger partial charge in [-0.3, -0.25) is 0 Å². The van der Waals surface area contributed by atoms with E-state index < -0.39 is 0 Å². The number of hydrogen-bond acceptors (Lipinski definition) is 3. The molecule has 2 saturated heterocycles. The van der Waals surface area contributed by atoms with Gasteiger partial charge in [0.25, 0.3) is 0 Å². The second-order valence-corrected chi connectivity index (χ2v) is 4.20. The maximum absolute atomic E-state index is 8.20. The van der Waals surface area contributed by atoms with Gasteiger partial charge in [-0.2, -0.15) is 0 Å². The molecule has 78 valence electrons. The molecule has 0 aromatic carbocycles. The van der Waals surface area contributed by atoms with Gasteiger partial charge in [0, 0.05) is 11.3 Å². The van der Waals surface area contributed by atoms with Crippen molar-refractivity contribution in [2.24, 2.45) is 5.11 Å². The zero-order valence-electron chi connectivity index (χ0n) is 8.35. The fourth-order valence-electron chi connectivity index (χ4n) is 2.34. The molecule has 5 nitrogen and oxygen atoms in total. The van der Waals surface area contributed by atoms with E-state index in [2.05, 4.69) is 16.9 Å². The van der Waals surface area contributed by atoms with E-state index in [1.54, 1.807) is 0 Å². The van der Waals surface area contributed by atoms with Crippen molar-refractivity contribution in [3.05, 3.63) is 10.4 Å². The summed E-state index contributed by atoms with van der Waals surface area (Å²) in [5.74, 6) is 0. The molecular weight excluding hydrogens is 182 g/mol. The maximum Gasteiger partial charge on any atom is 0.0944 e. The fourth-order valence-corrected chi connectivity index (χ4v) is 2.34. The number of rotatable bonds is 2. The summed E-state index contributed by atoms with van der Waals surface area (Å²) in [6.07, 6.45) is 3.38. The van der Waals surface area contributed by atoms with E-state index in [9.17, 15) is 0 Å². The molecule has 3 unspecified atom stereocenters. The predicted molar refractivity (Wildman–Crippen MR) is 50.9 cm³/mol. The normalized spacial score (nSPS) is 41.5. The Hall–Kier alpha value is -0.770. The van der Waals surface area contributed by atoms with Crippen molar-refractivity contribution in [2.75, 3.05) is 13.2 Å². The van der Waals surface area contributed by atoms with Crippen LogP contribution in [0.5, 0.6) is 0 Å². The van der Waals surface area contributed by atoms with Gasteiger partial charge < -0.3 is 9.47 Å². The molecule has 2 aliphatic rings. The summed E-state index contributed by atoms with van der Waals surface area (Å²) in [6.45, 7) is 3.21. The lowest BCUT2D eigenvalue weighted by Gasteiger charge is -2.21. The Morgan fingerprint density at radius 2 is 2.50 bits per heavy atom. The molecule has 0 N–H and O–H groups in total. The Bertz CT molecular complexity index is 265. The molecule has 0 aliphatic carbocycles. The Balaban J connectivity index is 1.90. The molecule has 0 radical (unpaired) electrons. The van der Waals surface area contributed by atoms with Gasteiger partial charge in [-0.1, -0.05) is 5.11 Å². The van der Waals surface area contributed by atoms with Crippen molar-refractivity contribution in [2.45, 2.75) is 44.0 Å². The Kier molecular flexibility index (Phi) is 2.63. The van der Waals surface area contributed by atoms with Gasteiger partial charge in [-0.05, 0) is 25.3 Å². The lowest BCUT2D eigenvalue weighted by Crippen LogP contribution is -2.30. The standard InChI is InChI=1S/C9H15N3O2/c1-7-4-9(6-13-7)3-2-8(14-9)5-11-12-10/h7-8H,2-6H2,1H3. The van der Waals surface area contributed by atoms with Gasteiger partial charge in [0.15, 0.2) is 0 Å². The third kappa shape index (κ3) is 1.85. The Labute approximate surface area is 83.0 Å². The summed E-state index contributed by atoms with van der Waals surface area (Å²) < 4.78 is 11.4. The van der Waals surface area contributed by atoms with E-state index in [4.69, 9.17) is 15.0 Å². The summed E-state index contributed by atoms with van der Waals surface area (Å²) in [4.78, 5) is 2.74. The zero-order valence-corrected chi connectivity index (χ0v) is 8.35. The van der Waals surface area contributed by atoms with Crippen LogP contribution in [0.3, 0.4) is 0 Å².